The second-order valence-electron chi connectivity index (χ2n) is 5.20. The van der Waals surface area contributed by atoms with Crippen LogP contribution in [0.25, 0.3) is 0 Å². The van der Waals surface area contributed by atoms with Gasteiger partial charge in [0, 0.05) is 5.92 Å². The molecule has 0 heterocycles. The van der Waals surface area contributed by atoms with Crippen LogP contribution in [0.2, 0.25) is 0 Å². The van der Waals surface area contributed by atoms with Gasteiger partial charge in [0.15, 0.2) is 0 Å². The third-order valence-electron chi connectivity index (χ3n) is 2.52. The SMILES string of the molecule is CC(C)(C)OC(=O)C(=O)CC(=O)C1CCC1. The molecule has 0 aromatic rings. The molecule has 0 amide bonds. The minimum atomic E-state index is -0.903. The molecule has 16 heavy (non-hydrogen) atoms. The van der Waals surface area contributed by atoms with Crippen molar-refractivity contribution in [3.63, 3.8) is 0 Å². The smallest absolute Gasteiger partial charge is 0.375 e. The number of ketones is 2. The van der Waals surface area contributed by atoms with Gasteiger partial charge >= 0.3 is 5.97 Å². The Morgan fingerprint density at radius 3 is 2.12 bits per heavy atom. The molecule has 0 radical (unpaired) electrons. The van der Waals surface area contributed by atoms with E-state index in [0.29, 0.717) is 0 Å². The Morgan fingerprint density at radius 2 is 1.75 bits per heavy atom. The van der Waals surface area contributed by atoms with Crippen LogP contribution < -0.4 is 0 Å². The molecule has 4 nitrogen and oxygen atoms in total. The Kier molecular flexibility index (Phi) is 3.83. The van der Waals surface area contributed by atoms with Gasteiger partial charge in [-0.05, 0) is 33.6 Å². The Hall–Kier alpha value is -1.19. The Morgan fingerprint density at radius 1 is 1.19 bits per heavy atom. The molecule has 0 aromatic heterocycles. The highest BCUT2D eigenvalue weighted by molar-refractivity contribution is 6.37. The lowest BCUT2D eigenvalue weighted by molar-refractivity contribution is -0.163. The predicted molar refractivity (Wildman–Crippen MR) is 57.8 cm³/mol. The fraction of sp³-hybridized carbons (Fsp3) is 0.750. The Bertz CT molecular complexity index is 307. The largest absolute Gasteiger partial charge is 0.454 e. The average Bonchev–Trinajstić information content (AvgIpc) is 1.96. The van der Waals surface area contributed by atoms with Crippen molar-refractivity contribution in [3.05, 3.63) is 0 Å². The number of rotatable bonds is 4. The van der Waals surface area contributed by atoms with Crippen molar-refractivity contribution in [1.82, 2.24) is 0 Å². The lowest BCUT2D eigenvalue weighted by atomic mass is 9.81. The van der Waals surface area contributed by atoms with E-state index in [9.17, 15) is 14.4 Å². The number of ether oxygens (including phenoxy) is 1. The van der Waals surface area contributed by atoms with Gasteiger partial charge in [-0.2, -0.15) is 0 Å². The second kappa shape index (κ2) is 4.76. The van der Waals surface area contributed by atoms with Gasteiger partial charge in [0.1, 0.15) is 11.4 Å². The maximum atomic E-state index is 11.5. The molecule has 0 spiro atoms. The predicted octanol–water partition coefficient (Wildman–Crippen LogP) is 1.66. The van der Waals surface area contributed by atoms with Crippen molar-refractivity contribution >= 4 is 17.5 Å². The normalized spacial score (nSPS) is 16.4. The number of Topliss-reactive ketones (excluding diaryl/α,β-unsaturated/α-hetero) is 2. The molecule has 0 saturated heterocycles. The summed E-state index contributed by atoms with van der Waals surface area (Å²) in [7, 11) is 0. The van der Waals surface area contributed by atoms with Crippen LogP contribution in [0, 0.1) is 5.92 Å². The van der Waals surface area contributed by atoms with Gasteiger partial charge < -0.3 is 4.74 Å². The lowest BCUT2D eigenvalue weighted by Gasteiger charge is -2.23. The van der Waals surface area contributed by atoms with E-state index in [-0.39, 0.29) is 18.1 Å². The first-order valence-corrected chi connectivity index (χ1v) is 5.58. The number of carbonyl (C=O) groups excluding carboxylic acids is 3. The van der Waals surface area contributed by atoms with Crippen molar-refractivity contribution in [2.24, 2.45) is 5.92 Å². The summed E-state index contributed by atoms with van der Waals surface area (Å²) in [6.07, 6.45) is 2.43. The van der Waals surface area contributed by atoms with E-state index in [1.807, 2.05) is 0 Å². The van der Waals surface area contributed by atoms with E-state index in [1.165, 1.54) is 0 Å². The van der Waals surface area contributed by atoms with E-state index in [1.54, 1.807) is 20.8 Å². The van der Waals surface area contributed by atoms with Gasteiger partial charge in [-0.15, -0.1) is 0 Å². The molecule has 90 valence electrons. The summed E-state index contributed by atoms with van der Waals surface area (Å²) < 4.78 is 4.89. The first-order valence-electron chi connectivity index (χ1n) is 5.58. The van der Waals surface area contributed by atoms with Crippen LogP contribution in [0.5, 0.6) is 0 Å². The third kappa shape index (κ3) is 3.76. The number of hydrogen-bond donors (Lipinski definition) is 0. The highest BCUT2D eigenvalue weighted by atomic mass is 16.6. The zero-order chi connectivity index (χ0) is 12.3. The first kappa shape index (κ1) is 12.9. The van der Waals surface area contributed by atoms with E-state index >= 15 is 0 Å². The average molecular weight is 226 g/mol. The van der Waals surface area contributed by atoms with E-state index in [4.69, 9.17) is 4.74 Å². The van der Waals surface area contributed by atoms with Crippen molar-refractivity contribution in [1.29, 1.82) is 0 Å². The maximum absolute atomic E-state index is 11.5. The van der Waals surface area contributed by atoms with Crippen LogP contribution in [-0.4, -0.2) is 23.1 Å². The van der Waals surface area contributed by atoms with Gasteiger partial charge in [-0.3, -0.25) is 9.59 Å². The van der Waals surface area contributed by atoms with Gasteiger partial charge in [-0.1, -0.05) is 6.42 Å². The Labute approximate surface area is 95.3 Å². The second-order valence-corrected chi connectivity index (χ2v) is 5.20. The molecule has 1 aliphatic carbocycles. The summed E-state index contributed by atoms with van der Waals surface area (Å²) in [5, 5.41) is 0. The van der Waals surface area contributed by atoms with E-state index in [0.717, 1.165) is 19.3 Å². The quantitative estimate of drug-likeness (QED) is 0.415. The Balaban J connectivity index is 2.39. The molecule has 1 saturated carbocycles. The minimum Gasteiger partial charge on any atom is -0.454 e. The number of carbonyl (C=O) groups is 3. The minimum absolute atomic E-state index is 0.00798. The summed E-state index contributed by atoms with van der Waals surface area (Å²) in [5.41, 5.74) is -0.688. The van der Waals surface area contributed by atoms with Gasteiger partial charge in [0.2, 0.25) is 5.78 Å². The third-order valence-corrected chi connectivity index (χ3v) is 2.52. The summed E-state index contributed by atoms with van der Waals surface area (Å²) >= 11 is 0. The van der Waals surface area contributed by atoms with Crippen LogP contribution >= 0.6 is 0 Å². The van der Waals surface area contributed by atoms with E-state index in [2.05, 4.69) is 0 Å². The fourth-order valence-electron chi connectivity index (χ4n) is 1.44. The number of hydrogen-bond acceptors (Lipinski definition) is 4. The molecular formula is C12H18O4. The van der Waals surface area contributed by atoms with Crippen molar-refractivity contribution < 1.29 is 19.1 Å². The van der Waals surface area contributed by atoms with Crippen LogP contribution in [0.1, 0.15) is 46.5 Å². The first-order chi connectivity index (χ1) is 7.29. The van der Waals surface area contributed by atoms with Crippen molar-refractivity contribution in [2.75, 3.05) is 0 Å². The molecular weight excluding hydrogens is 208 g/mol. The van der Waals surface area contributed by atoms with Crippen LogP contribution in [0.3, 0.4) is 0 Å². The summed E-state index contributed by atoms with van der Waals surface area (Å²) in [6, 6.07) is 0. The summed E-state index contributed by atoms with van der Waals surface area (Å²) in [5.74, 6) is -1.76. The molecule has 0 unspecified atom stereocenters. The zero-order valence-corrected chi connectivity index (χ0v) is 10.0. The molecule has 1 aliphatic rings. The molecule has 1 fully saturated rings. The maximum Gasteiger partial charge on any atom is 0.375 e. The molecule has 0 bridgehead atoms. The molecule has 0 N–H and O–H groups in total. The van der Waals surface area contributed by atoms with E-state index < -0.39 is 17.4 Å². The molecule has 0 atom stereocenters. The topological polar surface area (TPSA) is 60.4 Å². The van der Waals surface area contributed by atoms with Crippen molar-refractivity contribution in [3.8, 4) is 0 Å². The monoisotopic (exact) mass is 226 g/mol. The van der Waals surface area contributed by atoms with Gasteiger partial charge in [0.25, 0.3) is 0 Å². The zero-order valence-electron chi connectivity index (χ0n) is 10.0. The van der Waals surface area contributed by atoms with Crippen molar-refractivity contribution in [2.45, 2.75) is 52.1 Å². The van der Waals surface area contributed by atoms with Crippen LogP contribution in [0.4, 0.5) is 0 Å². The standard InChI is InChI=1S/C12H18O4/c1-12(2,3)16-11(15)10(14)7-9(13)8-5-4-6-8/h8H,4-7H2,1-3H3. The number of esters is 1. The molecule has 0 aliphatic heterocycles. The van der Waals surface area contributed by atoms with Crippen LogP contribution in [-0.2, 0) is 19.1 Å². The van der Waals surface area contributed by atoms with Gasteiger partial charge in [-0.25, -0.2) is 4.79 Å². The summed E-state index contributed by atoms with van der Waals surface area (Å²) in [6.45, 7) is 5.06. The molecule has 4 heteroatoms. The summed E-state index contributed by atoms with van der Waals surface area (Å²) in [4.78, 5) is 34.2. The highest BCUT2D eigenvalue weighted by Gasteiger charge is 2.30. The fourth-order valence-corrected chi connectivity index (χ4v) is 1.44. The van der Waals surface area contributed by atoms with Crippen LogP contribution in [0.15, 0.2) is 0 Å². The lowest BCUT2D eigenvalue weighted by Crippen LogP contribution is -2.32. The molecule has 0 aromatic carbocycles. The highest BCUT2D eigenvalue weighted by Crippen LogP contribution is 2.28. The molecule has 1 rings (SSSR count). The van der Waals surface area contributed by atoms with Gasteiger partial charge in [0.05, 0.1) is 6.42 Å².